The van der Waals surface area contributed by atoms with Gasteiger partial charge in [0.2, 0.25) is 17.8 Å². The van der Waals surface area contributed by atoms with Gasteiger partial charge < -0.3 is 19.9 Å². The summed E-state index contributed by atoms with van der Waals surface area (Å²) in [5.74, 6) is 2.11. The summed E-state index contributed by atoms with van der Waals surface area (Å²) in [6, 6.07) is 0.351. The minimum Gasteiger partial charge on any atom is -0.378 e. The molecule has 1 fully saturated rings. The van der Waals surface area contributed by atoms with E-state index in [1.54, 1.807) is 0 Å². The summed E-state index contributed by atoms with van der Waals surface area (Å²) < 4.78 is 5.40. The molecule has 0 aliphatic carbocycles. The average Bonchev–Trinajstić information content (AvgIpc) is 2.48. The van der Waals surface area contributed by atoms with Gasteiger partial charge >= 0.3 is 0 Å². The summed E-state index contributed by atoms with van der Waals surface area (Å²) in [5.41, 5.74) is 0. The van der Waals surface area contributed by atoms with E-state index in [0.717, 1.165) is 51.3 Å². The Hall–Kier alpha value is -1.63. The smallest absolute Gasteiger partial charge is 0.232 e. The topological polar surface area (TPSA) is 66.4 Å². The first-order valence-corrected chi connectivity index (χ1v) is 7.75. The zero-order chi connectivity index (χ0) is 15.2. The fourth-order valence-corrected chi connectivity index (χ4v) is 2.36. The van der Waals surface area contributed by atoms with Crippen LogP contribution in [-0.4, -0.2) is 60.4 Å². The Morgan fingerprint density at radius 1 is 1.19 bits per heavy atom. The Bertz CT molecular complexity index is 447. The molecule has 1 aromatic rings. The van der Waals surface area contributed by atoms with Gasteiger partial charge in [-0.05, 0) is 27.7 Å². The van der Waals surface area contributed by atoms with Gasteiger partial charge in [-0.15, -0.1) is 0 Å². The van der Waals surface area contributed by atoms with Crippen LogP contribution in [0, 0.1) is 0 Å². The largest absolute Gasteiger partial charge is 0.378 e. The van der Waals surface area contributed by atoms with Crippen molar-refractivity contribution < 1.29 is 4.74 Å². The summed E-state index contributed by atoms with van der Waals surface area (Å²) >= 11 is 0. The van der Waals surface area contributed by atoms with Crippen molar-refractivity contribution in [1.29, 1.82) is 0 Å². The van der Waals surface area contributed by atoms with Crippen molar-refractivity contribution in [1.82, 2.24) is 15.0 Å². The highest BCUT2D eigenvalue weighted by Crippen LogP contribution is 2.19. The summed E-state index contributed by atoms with van der Waals surface area (Å²) in [6.07, 6.45) is 0. The van der Waals surface area contributed by atoms with Crippen molar-refractivity contribution in [3.05, 3.63) is 0 Å². The third-order valence-electron chi connectivity index (χ3n) is 3.46. The zero-order valence-corrected chi connectivity index (χ0v) is 13.5. The van der Waals surface area contributed by atoms with E-state index in [4.69, 9.17) is 4.74 Å². The summed E-state index contributed by atoms with van der Waals surface area (Å²) in [7, 11) is 0. The summed E-state index contributed by atoms with van der Waals surface area (Å²) in [4.78, 5) is 18.1. The third kappa shape index (κ3) is 3.93. The Kier molecular flexibility index (Phi) is 5.55. The van der Waals surface area contributed by atoms with Crippen LogP contribution in [0.4, 0.5) is 17.8 Å². The molecule has 0 unspecified atom stereocenters. The highest BCUT2D eigenvalue weighted by atomic mass is 16.5. The standard InChI is InChI=1S/C14H26N6O/c1-5-15-12-16-13(19-7-9-21-10-8-19)18-14(17-12)20(6-2)11(3)4/h11H,5-10H2,1-4H3,(H,15,16,17,18). The Balaban J connectivity index is 2.32. The minimum atomic E-state index is 0.351. The molecule has 21 heavy (non-hydrogen) atoms. The maximum Gasteiger partial charge on any atom is 0.232 e. The molecule has 0 spiro atoms. The lowest BCUT2D eigenvalue weighted by Crippen LogP contribution is -2.38. The first-order chi connectivity index (χ1) is 10.2. The fourth-order valence-electron chi connectivity index (χ4n) is 2.36. The second-order valence-corrected chi connectivity index (χ2v) is 5.27. The molecule has 7 heteroatoms. The number of aromatic nitrogens is 3. The van der Waals surface area contributed by atoms with Crippen molar-refractivity contribution in [3.8, 4) is 0 Å². The van der Waals surface area contributed by atoms with Crippen LogP contribution < -0.4 is 15.1 Å². The maximum absolute atomic E-state index is 5.40. The van der Waals surface area contributed by atoms with Crippen molar-refractivity contribution in [2.75, 3.05) is 54.5 Å². The van der Waals surface area contributed by atoms with Gasteiger partial charge in [0.1, 0.15) is 0 Å². The quantitative estimate of drug-likeness (QED) is 0.850. The molecule has 0 amide bonds. The molecule has 1 aliphatic rings. The lowest BCUT2D eigenvalue weighted by atomic mass is 10.3. The van der Waals surface area contributed by atoms with Gasteiger partial charge in [0.05, 0.1) is 13.2 Å². The number of nitrogens with zero attached hydrogens (tertiary/aromatic N) is 5. The fraction of sp³-hybridized carbons (Fsp3) is 0.786. The van der Waals surface area contributed by atoms with Crippen LogP contribution >= 0.6 is 0 Å². The van der Waals surface area contributed by atoms with E-state index in [2.05, 4.69) is 50.8 Å². The van der Waals surface area contributed by atoms with Crippen LogP contribution in [0.1, 0.15) is 27.7 Å². The van der Waals surface area contributed by atoms with E-state index >= 15 is 0 Å². The molecule has 1 aliphatic heterocycles. The van der Waals surface area contributed by atoms with E-state index < -0.39 is 0 Å². The molecule has 0 saturated carbocycles. The Labute approximate surface area is 126 Å². The Morgan fingerprint density at radius 3 is 2.48 bits per heavy atom. The van der Waals surface area contributed by atoms with E-state index in [1.165, 1.54) is 0 Å². The van der Waals surface area contributed by atoms with Crippen molar-refractivity contribution in [2.45, 2.75) is 33.7 Å². The molecule has 118 valence electrons. The van der Waals surface area contributed by atoms with Crippen LogP contribution in [0.25, 0.3) is 0 Å². The highest BCUT2D eigenvalue weighted by molar-refractivity contribution is 5.45. The van der Waals surface area contributed by atoms with Crippen molar-refractivity contribution >= 4 is 17.8 Å². The molecule has 0 radical (unpaired) electrons. The SMILES string of the molecule is CCNc1nc(N2CCOCC2)nc(N(CC)C(C)C)n1. The van der Waals surface area contributed by atoms with Gasteiger partial charge in [-0.3, -0.25) is 0 Å². The lowest BCUT2D eigenvalue weighted by Gasteiger charge is -2.29. The predicted octanol–water partition coefficient (Wildman–Crippen LogP) is 1.37. The predicted molar refractivity (Wildman–Crippen MR) is 85.2 cm³/mol. The number of ether oxygens (including phenoxy) is 1. The van der Waals surface area contributed by atoms with Crippen molar-refractivity contribution in [3.63, 3.8) is 0 Å². The number of anilines is 3. The van der Waals surface area contributed by atoms with E-state index in [0.29, 0.717) is 12.0 Å². The summed E-state index contributed by atoms with van der Waals surface area (Å²) in [5, 5.41) is 3.20. The van der Waals surface area contributed by atoms with Gasteiger partial charge in [-0.25, -0.2) is 0 Å². The number of hydrogen-bond donors (Lipinski definition) is 1. The second-order valence-electron chi connectivity index (χ2n) is 5.27. The molecule has 0 atom stereocenters. The second kappa shape index (κ2) is 7.40. The molecule has 0 bridgehead atoms. The van der Waals surface area contributed by atoms with Crippen LogP contribution in [-0.2, 0) is 4.74 Å². The van der Waals surface area contributed by atoms with Gasteiger partial charge in [-0.1, -0.05) is 0 Å². The first kappa shape index (κ1) is 15.8. The molecule has 1 aromatic heterocycles. The number of morpholine rings is 1. The normalized spacial score (nSPS) is 15.4. The van der Waals surface area contributed by atoms with Crippen molar-refractivity contribution in [2.24, 2.45) is 0 Å². The zero-order valence-electron chi connectivity index (χ0n) is 13.5. The summed E-state index contributed by atoms with van der Waals surface area (Å²) in [6.45, 7) is 13.2. The monoisotopic (exact) mass is 294 g/mol. The first-order valence-electron chi connectivity index (χ1n) is 7.75. The van der Waals surface area contributed by atoms with Crippen LogP contribution in [0.15, 0.2) is 0 Å². The van der Waals surface area contributed by atoms with Gasteiger partial charge in [0.15, 0.2) is 0 Å². The molecule has 2 rings (SSSR count). The van der Waals surface area contributed by atoms with Crippen LogP contribution in [0.5, 0.6) is 0 Å². The number of rotatable bonds is 6. The number of hydrogen-bond acceptors (Lipinski definition) is 7. The molecule has 2 heterocycles. The van der Waals surface area contributed by atoms with Crippen LogP contribution in [0.2, 0.25) is 0 Å². The third-order valence-corrected chi connectivity index (χ3v) is 3.46. The van der Waals surface area contributed by atoms with E-state index in [1.807, 2.05) is 6.92 Å². The van der Waals surface area contributed by atoms with Gasteiger partial charge in [-0.2, -0.15) is 15.0 Å². The minimum absolute atomic E-state index is 0.351. The molecule has 1 N–H and O–H groups in total. The Morgan fingerprint density at radius 2 is 1.90 bits per heavy atom. The van der Waals surface area contributed by atoms with Gasteiger partial charge in [0, 0.05) is 32.2 Å². The molecular formula is C14H26N6O. The highest BCUT2D eigenvalue weighted by Gasteiger charge is 2.19. The van der Waals surface area contributed by atoms with E-state index in [9.17, 15) is 0 Å². The molecular weight excluding hydrogens is 268 g/mol. The molecule has 0 aromatic carbocycles. The molecule has 1 saturated heterocycles. The average molecular weight is 294 g/mol. The molecule has 7 nitrogen and oxygen atoms in total. The maximum atomic E-state index is 5.40. The van der Waals surface area contributed by atoms with Gasteiger partial charge in [0.25, 0.3) is 0 Å². The number of nitrogens with one attached hydrogen (secondary N) is 1. The van der Waals surface area contributed by atoms with E-state index in [-0.39, 0.29) is 0 Å². The van der Waals surface area contributed by atoms with Crippen LogP contribution in [0.3, 0.4) is 0 Å². The lowest BCUT2D eigenvalue weighted by molar-refractivity contribution is 0.122.